The van der Waals surface area contributed by atoms with E-state index in [-0.39, 0.29) is 29.7 Å². The molecule has 0 saturated carbocycles. The molecule has 0 spiro atoms. The molecule has 12 heteroatoms. The van der Waals surface area contributed by atoms with Gasteiger partial charge in [0.1, 0.15) is 5.69 Å². The minimum Gasteiger partial charge on any atom is -0.468 e. The molecule has 11 nitrogen and oxygen atoms in total. The largest absolute Gasteiger partial charge is 0.468 e. The van der Waals surface area contributed by atoms with Gasteiger partial charge in [-0.1, -0.05) is 36.4 Å². The van der Waals surface area contributed by atoms with Crippen LogP contribution in [0.5, 0.6) is 0 Å². The van der Waals surface area contributed by atoms with Crippen molar-refractivity contribution in [2.75, 3.05) is 31.3 Å². The Labute approximate surface area is 245 Å². The van der Waals surface area contributed by atoms with Crippen molar-refractivity contribution in [2.24, 2.45) is 11.4 Å². The monoisotopic (exact) mass is 590 g/mol. The van der Waals surface area contributed by atoms with Crippen LogP contribution < -0.4 is 10.6 Å². The number of methoxy groups -OCH3 is 1. The van der Waals surface area contributed by atoms with Crippen LogP contribution >= 0.6 is 0 Å². The highest BCUT2D eigenvalue weighted by Crippen LogP contribution is 2.25. The van der Waals surface area contributed by atoms with Crippen LogP contribution in [0.4, 0.5) is 5.69 Å². The number of rotatable bonds is 11. The van der Waals surface area contributed by atoms with Gasteiger partial charge in [0, 0.05) is 36.4 Å². The Morgan fingerprint density at radius 3 is 2.69 bits per heavy atom. The lowest BCUT2D eigenvalue weighted by Crippen LogP contribution is -2.29. The number of anilines is 1. The van der Waals surface area contributed by atoms with Gasteiger partial charge in [-0.05, 0) is 56.1 Å². The van der Waals surface area contributed by atoms with Crippen LogP contribution in [0.3, 0.4) is 0 Å². The molecule has 0 saturated heterocycles. The number of nitrogens with one attached hydrogen (secondary N) is 2. The molecule has 2 amide bonds. The normalized spacial score (nSPS) is 15.5. The fraction of sp³-hybridized carbons (Fsp3) is 0.300. The van der Waals surface area contributed by atoms with E-state index in [9.17, 15) is 18.6 Å². The first-order chi connectivity index (χ1) is 20.2. The van der Waals surface area contributed by atoms with E-state index in [1.54, 1.807) is 43.6 Å². The van der Waals surface area contributed by atoms with Gasteiger partial charge >= 0.3 is 5.97 Å². The summed E-state index contributed by atoms with van der Waals surface area (Å²) in [5.41, 5.74) is 3.32. The SMILES string of the molecule is COC(=O)CNCCC[S@@](=O)(=NC(=O)c1cncc(-c2cccc(NC(=O)c3cc(C)nn3C)c2)c1)C1C=CC=CC1. The van der Waals surface area contributed by atoms with Crippen molar-refractivity contribution in [3.63, 3.8) is 0 Å². The molecular formula is C30H34N6O5S. The third kappa shape index (κ3) is 7.86. The van der Waals surface area contributed by atoms with E-state index in [4.69, 9.17) is 0 Å². The second kappa shape index (κ2) is 14.0. The van der Waals surface area contributed by atoms with Crippen molar-refractivity contribution in [1.82, 2.24) is 20.1 Å². The van der Waals surface area contributed by atoms with Crippen molar-refractivity contribution in [3.05, 3.63) is 90.0 Å². The first kappa shape index (κ1) is 30.5. The van der Waals surface area contributed by atoms with Crippen molar-refractivity contribution in [3.8, 4) is 11.1 Å². The Hall–Kier alpha value is -4.42. The van der Waals surface area contributed by atoms with Crippen LogP contribution in [0.25, 0.3) is 11.1 Å². The number of hydrogen-bond acceptors (Lipinski definition) is 8. The zero-order chi connectivity index (χ0) is 30.1. The summed E-state index contributed by atoms with van der Waals surface area (Å²) in [5.74, 6) is -1.12. The van der Waals surface area contributed by atoms with Crippen molar-refractivity contribution < 1.29 is 23.3 Å². The summed E-state index contributed by atoms with van der Waals surface area (Å²) in [6.45, 7) is 2.29. The Bertz CT molecular complexity index is 1650. The van der Waals surface area contributed by atoms with Gasteiger partial charge in [0.05, 0.1) is 39.9 Å². The predicted octanol–water partition coefficient (Wildman–Crippen LogP) is 3.69. The average Bonchev–Trinajstić information content (AvgIpc) is 3.35. The molecule has 0 fully saturated rings. The van der Waals surface area contributed by atoms with Crippen LogP contribution in [0.15, 0.2) is 77.5 Å². The summed E-state index contributed by atoms with van der Waals surface area (Å²) in [7, 11) is 0.0489. The van der Waals surface area contributed by atoms with Gasteiger partial charge in [0.2, 0.25) is 0 Å². The summed E-state index contributed by atoms with van der Waals surface area (Å²) in [4.78, 5) is 41.7. The standard InChI is InChI=1S/C30H34N6O5S/c1-21-15-27(36(2)34-21)30(39)33-25-10-7-9-22(17-25)23-16-24(19-32-18-23)29(38)35-42(40,26-11-5-4-6-12-26)14-8-13-31-20-28(37)41-3/h4-7,9-11,15-19,26,31H,8,12-14,20H2,1-3H3,(H,33,39)/t26?,42-/m0/s1. The number of carbonyl (C=O) groups excluding carboxylic acids is 3. The average molecular weight is 591 g/mol. The van der Waals surface area contributed by atoms with E-state index in [1.165, 1.54) is 18.0 Å². The number of hydrogen-bond donors (Lipinski definition) is 2. The van der Waals surface area contributed by atoms with E-state index in [0.29, 0.717) is 36.3 Å². The maximum absolute atomic E-state index is 14.1. The van der Waals surface area contributed by atoms with Crippen molar-refractivity contribution >= 4 is 33.2 Å². The van der Waals surface area contributed by atoms with Gasteiger partial charge in [-0.3, -0.25) is 24.0 Å². The summed E-state index contributed by atoms with van der Waals surface area (Å²) in [5, 5.41) is 9.63. The molecule has 0 bridgehead atoms. The minimum absolute atomic E-state index is 0.0478. The molecule has 0 radical (unpaired) electrons. The third-order valence-corrected chi connectivity index (χ3v) is 9.26. The van der Waals surface area contributed by atoms with E-state index in [0.717, 1.165) is 11.3 Å². The molecule has 3 aromatic rings. The van der Waals surface area contributed by atoms with E-state index >= 15 is 0 Å². The van der Waals surface area contributed by atoms with E-state index < -0.39 is 20.9 Å². The Balaban J connectivity index is 1.53. The minimum atomic E-state index is -2.97. The molecule has 1 unspecified atom stereocenters. The second-order valence-corrected chi connectivity index (χ2v) is 12.4. The van der Waals surface area contributed by atoms with Crippen LogP contribution in [0.1, 0.15) is 39.4 Å². The highest BCUT2D eigenvalue weighted by atomic mass is 32.2. The van der Waals surface area contributed by atoms with Gasteiger partial charge < -0.3 is 15.4 Å². The van der Waals surface area contributed by atoms with Crippen LogP contribution in [0, 0.1) is 6.92 Å². The Kier molecular flexibility index (Phi) is 10.2. The molecule has 2 atom stereocenters. The smallest absolute Gasteiger partial charge is 0.319 e. The molecule has 1 aliphatic rings. The fourth-order valence-corrected chi connectivity index (χ4v) is 6.69. The van der Waals surface area contributed by atoms with Gasteiger partial charge in [-0.2, -0.15) is 9.46 Å². The van der Waals surface area contributed by atoms with Crippen LogP contribution in [-0.4, -0.2) is 68.0 Å². The lowest BCUT2D eigenvalue weighted by molar-refractivity contribution is -0.139. The van der Waals surface area contributed by atoms with Crippen LogP contribution in [0.2, 0.25) is 0 Å². The number of esters is 1. The maximum Gasteiger partial charge on any atom is 0.319 e. The van der Waals surface area contributed by atoms with Crippen LogP contribution in [-0.2, 0) is 26.3 Å². The molecule has 2 N–H and O–H groups in total. The quantitative estimate of drug-likeness (QED) is 0.254. The lowest BCUT2D eigenvalue weighted by Gasteiger charge is -2.19. The third-order valence-electron chi connectivity index (χ3n) is 6.61. The number of ether oxygens (including phenoxy) is 1. The fourth-order valence-electron chi connectivity index (χ4n) is 4.46. The molecule has 2 aromatic heterocycles. The number of pyridine rings is 1. The van der Waals surface area contributed by atoms with Gasteiger partial charge in [0.15, 0.2) is 0 Å². The molecular weight excluding hydrogens is 556 g/mol. The second-order valence-electron chi connectivity index (χ2n) is 9.78. The summed E-state index contributed by atoms with van der Waals surface area (Å²) in [6, 6.07) is 10.5. The summed E-state index contributed by atoms with van der Waals surface area (Å²) >= 11 is 0. The first-order valence-electron chi connectivity index (χ1n) is 13.4. The van der Waals surface area contributed by atoms with Crippen molar-refractivity contribution in [2.45, 2.75) is 25.0 Å². The molecule has 2 heterocycles. The first-order valence-corrected chi connectivity index (χ1v) is 15.2. The number of allylic oxidation sites excluding steroid dienone is 3. The number of benzene rings is 1. The maximum atomic E-state index is 14.1. The molecule has 42 heavy (non-hydrogen) atoms. The predicted molar refractivity (Wildman–Crippen MR) is 162 cm³/mol. The van der Waals surface area contributed by atoms with Gasteiger partial charge in [0.25, 0.3) is 11.8 Å². The number of nitrogens with zero attached hydrogens (tertiary/aromatic N) is 4. The number of aromatic nitrogens is 3. The van der Waals surface area contributed by atoms with Crippen molar-refractivity contribution in [1.29, 1.82) is 0 Å². The molecule has 0 aliphatic heterocycles. The highest BCUT2D eigenvalue weighted by Gasteiger charge is 2.23. The zero-order valence-corrected chi connectivity index (χ0v) is 24.6. The topological polar surface area (TPSA) is 145 Å². The van der Waals surface area contributed by atoms with Gasteiger partial charge in [-0.15, -0.1) is 0 Å². The number of amides is 2. The van der Waals surface area contributed by atoms with E-state index in [2.05, 4.69) is 29.8 Å². The van der Waals surface area contributed by atoms with Gasteiger partial charge in [-0.25, -0.2) is 4.21 Å². The lowest BCUT2D eigenvalue weighted by atomic mass is 10.1. The Morgan fingerprint density at radius 2 is 1.98 bits per heavy atom. The number of aryl methyl sites for hydroxylation is 2. The highest BCUT2D eigenvalue weighted by molar-refractivity contribution is 7.94. The number of carbonyl (C=O) groups is 3. The molecule has 220 valence electrons. The zero-order valence-electron chi connectivity index (χ0n) is 23.8. The van der Waals surface area contributed by atoms with E-state index in [1.807, 2.05) is 37.3 Å². The molecule has 1 aromatic carbocycles. The summed E-state index contributed by atoms with van der Waals surface area (Å²) < 4.78 is 24.5. The molecule has 4 rings (SSSR count). The molecule has 1 aliphatic carbocycles. The summed E-state index contributed by atoms with van der Waals surface area (Å²) in [6.07, 6.45) is 11.4. The Morgan fingerprint density at radius 1 is 1.14 bits per heavy atom.